The van der Waals surface area contributed by atoms with E-state index >= 15 is 0 Å². The molecule has 2 N–H and O–H groups in total. The van der Waals surface area contributed by atoms with Crippen LogP contribution in [0.1, 0.15) is 16.1 Å². The number of H-pyrrole nitrogens is 1. The summed E-state index contributed by atoms with van der Waals surface area (Å²) in [4.78, 5) is 14.5. The fourth-order valence-corrected chi connectivity index (χ4v) is 1.92. The second kappa shape index (κ2) is 5.58. The zero-order valence-corrected chi connectivity index (χ0v) is 11.3. The van der Waals surface area contributed by atoms with Crippen LogP contribution in [0.15, 0.2) is 35.6 Å². The topological polar surface area (TPSA) is 84.9 Å². The van der Waals surface area contributed by atoms with Crippen LogP contribution < -0.4 is 19.6 Å². The number of carbonyl (C=O) groups excluding carboxylic acids is 1. The van der Waals surface area contributed by atoms with Crippen molar-refractivity contribution in [1.29, 1.82) is 0 Å². The number of hydrogen-bond donors (Lipinski definition) is 2. The van der Waals surface area contributed by atoms with Crippen LogP contribution >= 0.6 is 0 Å². The van der Waals surface area contributed by atoms with Crippen molar-refractivity contribution in [3.8, 4) is 17.2 Å². The monoisotopic (exact) mass is 287 g/mol. The normalized spacial score (nSPS) is 12.6. The number of benzene rings is 1. The lowest BCUT2D eigenvalue weighted by Gasteiger charge is -2.05. The summed E-state index contributed by atoms with van der Waals surface area (Å²) in [5.74, 6) is 1.41. The lowest BCUT2D eigenvalue weighted by atomic mass is 10.2. The Morgan fingerprint density at radius 1 is 1.48 bits per heavy atom. The molecule has 1 aromatic heterocycles. The number of aromatic nitrogens is 1. The maximum Gasteiger partial charge on any atom is 0.287 e. The number of carbonyl (C=O) groups is 1. The van der Waals surface area contributed by atoms with E-state index in [1.165, 1.54) is 6.21 Å². The molecule has 1 amide bonds. The van der Waals surface area contributed by atoms with E-state index < -0.39 is 0 Å². The number of amides is 1. The Labute approximate surface area is 120 Å². The number of nitrogens with one attached hydrogen (secondary N) is 2. The van der Waals surface area contributed by atoms with Gasteiger partial charge >= 0.3 is 0 Å². The summed E-state index contributed by atoms with van der Waals surface area (Å²) >= 11 is 0. The lowest BCUT2D eigenvalue weighted by molar-refractivity contribution is 0.0951. The number of hydrazone groups is 1. The molecule has 0 bridgehead atoms. The van der Waals surface area contributed by atoms with Crippen LogP contribution in [0.5, 0.6) is 17.2 Å². The predicted molar refractivity (Wildman–Crippen MR) is 75.0 cm³/mol. The smallest absolute Gasteiger partial charge is 0.287 e. The van der Waals surface area contributed by atoms with Crippen LogP contribution in [0.3, 0.4) is 0 Å². The van der Waals surface area contributed by atoms with Gasteiger partial charge in [0.25, 0.3) is 5.91 Å². The highest BCUT2D eigenvalue weighted by atomic mass is 16.7. The van der Waals surface area contributed by atoms with E-state index in [-0.39, 0.29) is 12.7 Å². The summed E-state index contributed by atoms with van der Waals surface area (Å²) in [5, 5.41) is 3.90. The van der Waals surface area contributed by atoms with Crippen molar-refractivity contribution in [2.45, 2.75) is 0 Å². The Hall–Kier alpha value is -2.96. The van der Waals surface area contributed by atoms with Gasteiger partial charge in [-0.25, -0.2) is 5.43 Å². The largest absolute Gasteiger partial charge is 0.493 e. The third-order valence-electron chi connectivity index (χ3n) is 2.90. The van der Waals surface area contributed by atoms with Crippen molar-refractivity contribution in [2.75, 3.05) is 13.9 Å². The van der Waals surface area contributed by atoms with Gasteiger partial charge in [-0.05, 0) is 24.3 Å². The van der Waals surface area contributed by atoms with Gasteiger partial charge in [0.15, 0.2) is 11.5 Å². The van der Waals surface area contributed by atoms with E-state index in [0.717, 1.165) is 5.56 Å². The van der Waals surface area contributed by atoms with Crippen LogP contribution in [0.25, 0.3) is 0 Å². The first kappa shape index (κ1) is 13.0. The maximum atomic E-state index is 11.7. The molecular formula is C14H13N3O4. The van der Waals surface area contributed by atoms with Gasteiger partial charge in [0.2, 0.25) is 12.5 Å². The number of hydrogen-bond acceptors (Lipinski definition) is 5. The zero-order chi connectivity index (χ0) is 14.7. The standard InChI is InChI=1S/C14H13N3O4/c1-19-11-5-9(6-12-13(11)21-8-20-12)7-16-17-14(18)10-3-2-4-15-10/h2-7,15H,8H2,1H3,(H,17,18)/b16-7-. The second-order valence-electron chi connectivity index (χ2n) is 4.24. The molecule has 0 saturated heterocycles. The van der Waals surface area contributed by atoms with Crippen molar-refractivity contribution < 1.29 is 19.0 Å². The van der Waals surface area contributed by atoms with Crippen LogP contribution in [0, 0.1) is 0 Å². The summed E-state index contributed by atoms with van der Waals surface area (Å²) in [6, 6.07) is 6.91. The van der Waals surface area contributed by atoms with Crippen LogP contribution in [-0.2, 0) is 0 Å². The number of rotatable bonds is 4. The van der Waals surface area contributed by atoms with Gasteiger partial charge in [0.1, 0.15) is 5.69 Å². The van der Waals surface area contributed by atoms with Crippen LogP contribution in [0.4, 0.5) is 0 Å². The molecule has 21 heavy (non-hydrogen) atoms. The molecule has 0 saturated carbocycles. The molecule has 0 aliphatic carbocycles. The Bertz CT molecular complexity index is 680. The maximum absolute atomic E-state index is 11.7. The van der Waals surface area contributed by atoms with Crippen molar-refractivity contribution >= 4 is 12.1 Å². The molecule has 1 aliphatic rings. The lowest BCUT2D eigenvalue weighted by Crippen LogP contribution is -2.17. The minimum absolute atomic E-state index is 0.163. The quantitative estimate of drug-likeness (QED) is 0.659. The van der Waals surface area contributed by atoms with Gasteiger partial charge < -0.3 is 19.2 Å². The third-order valence-corrected chi connectivity index (χ3v) is 2.90. The summed E-state index contributed by atoms with van der Waals surface area (Å²) < 4.78 is 15.8. The molecule has 1 aliphatic heterocycles. The average Bonchev–Trinajstić information content (AvgIpc) is 3.17. The van der Waals surface area contributed by atoms with Gasteiger partial charge in [0.05, 0.1) is 13.3 Å². The first-order chi connectivity index (χ1) is 10.3. The first-order valence-electron chi connectivity index (χ1n) is 6.22. The minimum atomic E-state index is -0.316. The summed E-state index contributed by atoms with van der Waals surface area (Å²) in [7, 11) is 1.55. The predicted octanol–water partition coefficient (Wildman–Crippen LogP) is 1.52. The summed E-state index contributed by atoms with van der Waals surface area (Å²) in [6.45, 7) is 0.163. The molecule has 0 spiro atoms. The van der Waals surface area contributed by atoms with Crippen LogP contribution in [0.2, 0.25) is 0 Å². The van der Waals surface area contributed by atoms with E-state index in [1.807, 2.05) is 0 Å². The van der Waals surface area contributed by atoms with Crippen LogP contribution in [-0.4, -0.2) is 31.0 Å². The number of aromatic amines is 1. The summed E-state index contributed by atoms with van der Waals surface area (Å²) in [6.07, 6.45) is 3.17. The second-order valence-corrected chi connectivity index (χ2v) is 4.24. The van der Waals surface area contributed by atoms with E-state index in [1.54, 1.807) is 37.6 Å². The SMILES string of the molecule is COc1cc(/C=N\NC(=O)c2ccc[nH]2)cc2c1OCO2. The Kier molecular flexibility index (Phi) is 3.46. The highest BCUT2D eigenvalue weighted by molar-refractivity contribution is 5.93. The minimum Gasteiger partial charge on any atom is -0.493 e. The fourth-order valence-electron chi connectivity index (χ4n) is 1.92. The Balaban J connectivity index is 1.73. The van der Waals surface area contributed by atoms with E-state index in [2.05, 4.69) is 15.5 Å². The zero-order valence-electron chi connectivity index (χ0n) is 11.3. The molecule has 0 fully saturated rings. The van der Waals surface area contributed by atoms with E-state index in [9.17, 15) is 4.79 Å². The molecule has 7 heteroatoms. The molecule has 3 rings (SSSR count). The molecular weight excluding hydrogens is 274 g/mol. The molecule has 2 heterocycles. The first-order valence-corrected chi connectivity index (χ1v) is 6.22. The highest BCUT2D eigenvalue weighted by Gasteiger charge is 2.19. The molecule has 0 unspecified atom stereocenters. The highest BCUT2D eigenvalue weighted by Crippen LogP contribution is 2.41. The fraction of sp³-hybridized carbons (Fsp3) is 0.143. The van der Waals surface area contributed by atoms with E-state index in [0.29, 0.717) is 22.9 Å². The van der Waals surface area contributed by atoms with Gasteiger partial charge in [-0.15, -0.1) is 0 Å². The molecule has 7 nitrogen and oxygen atoms in total. The number of ether oxygens (including phenoxy) is 3. The van der Waals surface area contributed by atoms with Crippen molar-refractivity contribution in [1.82, 2.24) is 10.4 Å². The van der Waals surface area contributed by atoms with Gasteiger partial charge in [-0.3, -0.25) is 4.79 Å². The van der Waals surface area contributed by atoms with Gasteiger partial charge in [0, 0.05) is 11.8 Å². The van der Waals surface area contributed by atoms with Crippen molar-refractivity contribution in [3.63, 3.8) is 0 Å². The Morgan fingerprint density at radius 2 is 2.38 bits per heavy atom. The van der Waals surface area contributed by atoms with Crippen molar-refractivity contribution in [2.24, 2.45) is 5.10 Å². The Morgan fingerprint density at radius 3 is 3.14 bits per heavy atom. The van der Waals surface area contributed by atoms with Crippen molar-refractivity contribution in [3.05, 3.63) is 41.7 Å². The average molecular weight is 287 g/mol. The number of methoxy groups -OCH3 is 1. The summed E-state index contributed by atoms with van der Waals surface area (Å²) in [5.41, 5.74) is 3.59. The van der Waals surface area contributed by atoms with Gasteiger partial charge in [-0.2, -0.15) is 5.10 Å². The molecule has 0 radical (unpaired) electrons. The number of fused-ring (bicyclic) bond motifs is 1. The molecule has 1 aromatic carbocycles. The number of nitrogens with zero attached hydrogens (tertiary/aromatic N) is 1. The molecule has 0 atom stereocenters. The van der Waals surface area contributed by atoms with E-state index in [4.69, 9.17) is 14.2 Å². The molecule has 2 aromatic rings. The molecule has 108 valence electrons. The third kappa shape index (κ3) is 2.66. The van der Waals surface area contributed by atoms with Gasteiger partial charge in [-0.1, -0.05) is 0 Å².